The number of likely N-dealkylation sites (N-methyl/N-ethyl adjacent to an activating group) is 1. The SMILES string of the molecule is COc1cnc2c(NCCNC(=O)/C=C\C(=N)n3cc(CN4CCN(C)CC4)c4ccc(F)cc43)ccnc2c1. The molecule has 0 saturated carbocycles. The Labute approximate surface area is 232 Å². The molecule has 1 amide bonds. The van der Waals surface area contributed by atoms with Crippen LogP contribution in [0.5, 0.6) is 5.75 Å². The van der Waals surface area contributed by atoms with Crippen molar-refractivity contribution in [2.24, 2.45) is 0 Å². The van der Waals surface area contributed by atoms with Crippen molar-refractivity contribution in [2.75, 3.05) is 58.7 Å². The molecule has 0 spiro atoms. The van der Waals surface area contributed by atoms with Gasteiger partial charge in [-0.25, -0.2) is 9.37 Å². The maximum absolute atomic E-state index is 14.1. The van der Waals surface area contributed by atoms with Gasteiger partial charge in [-0.3, -0.25) is 20.1 Å². The summed E-state index contributed by atoms with van der Waals surface area (Å²) in [5, 5.41) is 15.6. The number of aromatic nitrogens is 3. The van der Waals surface area contributed by atoms with E-state index in [1.807, 2.05) is 18.3 Å². The molecule has 4 aromatic rings. The molecule has 10 nitrogen and oxygen atoms in total. The molecule has 3 aromatic heterocycles. The first-order valence-corrected chi connectivity index (χ1v) is 13.2. The highest BCUT2D eigenvalue weighted by molar-refractivity contribution is 6.04. The van der Waals surface area contributed by atoms with E-state index < -0.39 is 0 Å². The molecule has 1 aliphatic heterocycles. The molecule has 208 valence electrons. The molecule has 0 radical (unpaired) electrons. The Morgan fingerprint density at radius 2 is 1.95 bits per heavy atom. The van der Waals surface area contributed by atoms with Gasteiger partial charge >= 0.3 is 0 Å². The van der Waals surface area contributed by atoms with Crippen molar-refractivity contribution < 1.29 is 13.9 Å². The Kier molecular flexibility index (Phi) is 8.32. The van der Waals surface area contributed by atoms with Gasteiger partial charge in [0.1, 0.15) is 22.9 Å². The summed E-state index contributed by atoms with van der Waals surface area (Å²) in [4.78, 5) is 25.8. The second-order valence-electron chi connectivity index (χ2n) is 9.80. The zero-order valence-corrected chi connectivity index (χ0v) is 22.7. The largest absolute Gasteiger partial charge is 0.495 e. The summed E-state index contributed by atoms with van der Waals surface area (Å²) >= 11 is 0. The number of hydrogen-bond acceptors (Lipinski definition) is 8. The number of allylic oxidation sites excluding steroid dienone is 1. The van der Waals surface area contributed by atoms with E-state index in [1.165, 1.54) is 24.3 Å². The summed E-state index contributed by atoms with van der Waals surface area (Å²) in [6, 6.07) is 8.29. The number of piperazine rings is 1. The minimum absolute atomic E-state index is 0.0817. The molecule has 0 bridgehead atoms. The third kappa shape index (κ3) is 6.27. The highest BCUT2D eigenvalue weighted by atomic mass is 19.1. The van der Waals surface area contributed by atoms with Gasteiger partial charge in [0.05, 0.1) is 30.0 Å². The van der Waals surface area contributed by atoms with Gasteiger partial charge in [-0.1, -0.05) is 0 Å². The first kappa shape index (κ1) is 27.2. The summed E-state index contributed by atoms with van der Waals surface area (Å²) in [6.07, 6.45) is 7.95. The first-order valence-electron chi connectivity index (χ1n) is 13.2. The lowest BCUT2D eigenvalue weighted by Gasteiger charge is -2.32. The Bertz CT molecular complexity index is 1560. The van der Waals surface area contributed by atoms with Crippen LogP contribution in [0.25, 0.3) is 21.9 Å². The van der Waals surface area contributed by atoms with E-state index in [1.54, 1.807) is 30.1 Å². The smallest absolute Gasteiger partial charge is 0.244 e. The van der Waals surface area contributed by atoms with Gasteiger partial charge in [0, 0.05) is 75.7 Å². The van der Waals surface area contributed by atoms with Gasteiger partial charge in [0.2, 0.25) is 5.91 Å². The lowest BCUT2D eigenvalue weighted by Crippen LogP contribution is -2.43. The van der Waals surface area contributed by atoms with Crippen LogP contribution in [0.3, 0.4) is 0 Å². The van der Waals surface area contributed by atoms with Crippen LogP contribution in [-0.2, 0) is 11.3 Å². The fraction of sp³-hybridized carbons (Fsp3) is 0.310. The van der Waals surface area contributed by atoms with Crippen molar-refractivity contribution >= 4 is 39.4 Å². The molecule has 0 atom stereocenters. The number of halogens is 1. The van der Waals surface area contributed by atoms with E-state index in [0.29, 0.717) is 35.4 Å². The first-order chi connectivity index (χ1) is 19.4. The highest BCUT2D eigenvalue weighted by Crippen LogP contribution is 2.25. The van der Waals surface area contributed by atoms with Gasteiger partial charge in [0.25, 0.3) is 0 Å². The predicted octanol–water partition coefficient (Wildman–Crippen LogP) is 3.09. The highest BCUT2D eigenvalue weighted by Gasteiger charge is 2.18. The molecule has 1 aliphatic rings. The van der Waals surface area contributed by atoms with Crippen LogP contribution in [-0.4, -0.2) is 89.5 Å². The molecule has 5 rings (SSSR count). The van der Waals surface area contributed by atoms with Crippen molar-refractivity contribution in [3.05, 3.63) is 72.5 Å². The average Bonchev–Trinajstić information content (AvgIpc) is 3.32. The number of nitrogens with zero attached hydrogens (tertiary/aromatic N) is 5. The van der Waals surface area contributed by atoms with E-state index in [9.17, 15) is 9.18 Å². The van der Waals surface area contributed by atoms with Crippen LogP contribution in [0.2, 0.25) is 0 Å². The quantitative estimate of drug-likeness (QED) is 0.129. The third-order valence-electron chi connectivity index (χ3n) is 7.02. The molecule has 11 heteroatoms. The van der Waals surface area contributed by atoms with Crippen LogP contribution < -0.4 is 15.4 Å². The van der Waals surface area contributed by atoms with E-state index in [0.717, 1.165) is 49.4 Å². The van der Waals surface area contributed by atoms with Gasteiger partial charge in [-0.05, 0) is 43.0 Å². The molecule has 1 saturated heterocycles. The number of anilines is 1. The summed E-state index contributed by atoms with van der Waals surface area (Å²) in [6.45, 7) is 5.48. The molecule has 1 fully saturated rings. The molecular weight excluding hydrogens is 511 g/mol. The van der Waals surface area contributed by atoms with E-state index in [4.69, 9.17) is 10.1 Å². The summed E-state index contributed by atoms with van der Waals surface area (Å²) in [7, 11) is 3.70. The fourth-order valence-electron chi connectivity index (χ4n) is 4.79. The maximum atomic E-state index is 14.1. The number of carbonyl (C=O) groups excluding carboxylic acids is 1. The third-order valence-corrected chi connectivity index (χ3v) is 7.02. The number of benzene rings is 1. The number of amides is 1. The summed E-state index contributed by atoms with van der Waals surface area (Å²) in [5.74, 6) is 0.0231. The Balaban J connectivity index is 1.19. The van der Waals surface area contributed by atoms with Gasteiger partial charge in [-0.2, -0.15) is 0 Å². The second kappa shape index (κ2) is 12.2. The predicted molar refractivity (Wildman–Crippen MR) is 155 cm³/mol. The zero-order valence-electron chi connectivity index (χ0n) is 22.7. The number of carbonyl (C=O) groups is 1. The number of nitrogens with one attached hydrogen (secondary N) is 3. The van der Waals surface area contributed by atoms with E-state index in [2.05, 4.69) is 37.4 Å². The van der Waals surface area contributed by atoms with Crippen molar-refractivity contribution in [3.8, 4) is 5.75 Å². The van der Waals surface area contributed by atoms with Gasteiger partial charge in [-0.15, -0.1) is 0 Å². The molecule has 0 unspecified atom stereocenters. The lowest BCUT2D eigenvalue weighted by atomic mass is 10.1. The fourth-order valence-corrected chi connectivity index (χ4v) is 4.79. The molecule has 1 aromatic carbocycles. The molecule has 40 heavy (non-hydrogen) atoms. The standard InChI is InChI=1S/C29H33FN8O2/c1-36-11-13-37(14-12-36)18-20-19-38(26-15-21(30)3-4-23(20)26)27(31)5-6-28(39)34-10-9-33-24-7-8-32-25-16-22(40-2)17-35-29(24)25/h3-8,15-17,19,31H,9-14,18H2,1-2H3,(H,32,33)(H,34,39)/b6-5-,31-27?. The van der Waals surface area contributed by atoms with Gasteiger partial charge < -0.3 is 24.8 Å². The summed E-state index contributed by atoms with van der Waals surface area (Å²) in [5.41, 5.74) is 3.87. The van der Waals surface area contributed by atoms with Crippen LogP contribution in [0.15, 0.2) is 61.1 Å². The van der Waals surface area contributed by atoms with Crippen LogP contribution in [0.4, 0.5) is 10.1 Å². The van der Waals surface area contributed by atoms with Crippen LogP contribution >= 0.6 is 0 Å². The number of hydrogen-bond donors (Lipinski definition) is 3. The number of fused-ring (bicyclic) bond motifs is 2. The topological polar surface area (TPSA) is 111 Å². The summed E-state index contributed by atoms with van der Waals surface area (Å²) < 4.78 is 21.0. The average molecular weight is 545 g/mol. The van der Waals surface area contributed by atoms with Crippen molar-refractivity contribution in [1.29, 1.82) is 5.41 Å². The lowest BCUT2D eigenvalue weighted by molar-refractivity contribution is -0.116. The maximum Gasteiger partial charge on any atom is 0.244 e. The number of pyridine rings is 2. The van der Waals surface area contributed by atoms with Crippen LogP contribution in [0.1, 0.15) is 5.56 Å². The van der Waals surface area contributed by atoms with Gasteiger partial charge in [0.15, 0.2) is 0 Å². The molecule has 4 heterocycles. The van der Waals surface area contributed by atoms with Crippen molar-refractivity contribution in [2.45, 2.75) is 6.54 Å². The Morgan fingerprint density at radius 1 is 1.12 bits per heavy atom. The Morgan fingerprint density at radius 3 is 2.75 bits per heavy atom. The second-order valence-corrected chi connectivity index (χ2v) is 9.80. The zero-order chi connectivity index (χ0) is 28.1. The van der Waals surface area contributed by atoms with E-state index >= 15 is 0 Å². The number of rotatable bonds is 9. The number of ether oxygens (including phenoxy) is 1. The normalized spacial score (nSPS) is 14.7. The minimum atomic E-state index is -0.365. The minimum Gasteiger partial charge on any atom is -0.495 e. The van der Waals surface area contributed by atoms with Crippen molar-refractivity contribution in [1.82, 2.24) is 29.7 Å². The van der Waals surface area contributed by atoms with E-state index in [-0.39, 0.29) is 17.6 Å². The number of methoxy groups -OCH3 is 1. The molecule has 0 aliphatic carbocycles. The Hall–Kier alpha value is -4.35. The molecule has 3 N–H and O–H groups in total. The van der Waals surface area contributed by atoms with Crippen LogP contribution in [0, 0.1) is 11.2 Å². The van der Waals surface area contributed by atoms with Crippen molar-refractivity contribution in [3.63, 3.8) is 0 Å². The monoisotopic (exact) mass is 544 g/mol. The molecular formula is C29H33FN8O2.